The summed E-state index contributed by atoms with van der Waals surface area (Å²) < 4.78 is 26.9. The Bertz CT molecular complexity index is 1220. The minimum absolute atomic E-state index is 0.0665. The number of anilines is 1. The summed E-state index contributed by atoms with van der Waals surface area (Å²) in [6.45, 7) is 4.83. The highest BCUT2D eigenvalue weighted by Crippen LogP contribution is 2.31. The second-order valence-corrected chi connectivity index (χ2v) is 11.3. The van der Waals surface area contributed by atoms with Crippen LogP contribution in [0.15, 0.2) is 81.7 Å². The smallest absolute Gasteiger partial charge is 0.244 e. The Morgan fingerprint density at radius 1 is 1.06 bits per heavy atom. The molecule has 1 amide bonds. The summed E-state index contributed by atoms with van der Waals surface area (Å²) in [6, 6.07) is 17.4. The molecule has 0 unspecified atom stereocenters. The number of carbonyl (C=O) groups excluding carboxylic acids is 1. The first kappa shape index (κ1) is 23.5. The van der Waals surface area contributed by atoms with E-state index in [1.165, 1.54) is 26.5 Å². The zero-order chi connectivity index (χ0) is 23.4. The Balaban J connectivity index is 1.32. The lowest BCUT2D eigenvalue weighted by Gasteiger charge is -2.30. The van der Waals surface area contributed by atoms with E-state index in [1.54, 1.807) is 30.1 Å². The third-order valence-corrected chi connectivity index (χ3v) is 8.85. The molecule has 4 rings (SSSR count). The van der Waals surface area contributed by atoms with E-state index in [0.717, 1.165) is 10.6 Å². The zero-order valence-corrected chi connectivity index (χ0v) is 20.3. The van der Waals surface area contributed by atoms with Gasteiger partial charge in [0.05, 0.1) is 0 Å². The predicted molar refractivity (Wildman–Crippen MR) is 131 cm³/mol. The van der Waals surface area contributed by atoms with Crippen molar-refractivity contribution >= 4 is 33.4 Å². The fourth-order valence-electron chi connectivity index (χ4n) is 3.90. The highest BCUT2D eigenvalue weighted by molar-refractivity contribution is 7.99. The van der Waals surface area contributed by atoms with Gasteiger partial charge in [0.15, 0.2) is 0 Å². The number of hydrogen-bond acceptors (Lipinski definition) is 5. The first-order chi connectivity index (χ1) is 15.8. The number of amides is 1. The van der Waals surface area contributed by atoms with Gasteiger partial charge in [-0.25, -0.2) is 8.42 Å². The van der Waals surface area contributed by atoms with Gasteiger partial charge in [-0.15, -0.1) is 0 Å². The Hall–Kier alpha value is -2.68. The Morgan fingerprint density at radius 2 is 1.79 bits per heavy atom. The molecule has 0 atom stereocenters. The van der Waals surface area contributed by atoms with Gasteiger partial charge in [-0.1, -0.05) is 29.5 Å². The molecule has 8 heteroatoms. The number of benzene rings is 2. The topological polar surface area (TPSA) is 79.4 Å². The van der Waals surface area contributed by atoms with Crippen molar-refractivity contribution in [3.63, 3.8) is 0 Å². The number of nitrogens with one attached hydrogen (secondary N) is 1. The molecule has 1 saturated heterocycles. The number of hydrogen-bond donors (Lipinski definition) is 1. The molecule has 2 aromatic carbocycles. The molecule has 1 aliphatic rings. The third-order valence-electron chi connectivity index (χ3n) is 5.78. The summed E-state index contributed by atoms with van der Waals surface area (Å²) >= 11 is 1.70. The van der Waals surface area contributed by atoms with Gasteiger partial charge in [0.1, 0.15) is 4.90 Å². The SMILES string of the molecule is Cc1ccc(Sc2ccc(NC(=O)C3CCN(S(=O)(=O)c4cccnc4)CC3)cc2)c(C)c1. The minimum atomic E-state index is -3.57. The van der Waals surface area contributed by atoms with Crippen molar-refractivity contribution in [2.75, 3.05) is 18.4 Å². The van der Waals surface area contributed by atoms with Crippen molar-refractivity contribution in [3.05, 3.63) is 78.1 Å². The van der Waals surface area contributed by atoms with E-state index < -0.39 is 10.0 Å². The van der Waals surface area contributed by atoms with Gasteiger partial charge in [-0.05, 0) is 74.7 Å². The van der Waals surface area contributed by atoms with Crippen molar-refractivity contribution < 1.29 is 13.2 Å². The fraction of sp³-hybridized carbons (Fsp3) is 0.280. The van der Waals surface area contributed by atoms with Gasteiger partial charge < -0.3 is 5.32 Å². The Kier molecular flexibility index (Phi) is 7.17. The largest absolute Gasteiger partial charge is 0.326 e. The Morgan fingerprint density at radius 3 is 2.42 bits per heavy atom. The second kappa shape index (κ2) is 10.1. The number of sulfonamides is 1. The lowest BCUT2D eigenvalue weighted by Crippen LogP contribution is -2.41. The summed E-state index contributed by atoms with van der Waals surface area (Å²) in [5.74, 6) is -0.280. The number of nitrogens with zero attached hydrogens (tertiary/aromatic N) is 2. The van der Waals surface area contributed by atoms with Crippen LogP contribution in [0.25, 0.3) is 0 Å². The van der Waals surface area contributed by atoms with Crippen LogP contribution in [0.5, 0.6) is 0 Å². The number of aromatic nitrogens is 1. The van der Waals surface area contributed by atoms with Crippen molar-refractivity contribution in [1.29, 1.82) is 0 Å². The first-order valence-electron chi connectivity index (χ1n) is 10.9. The maximum atomic E-state index is 12.8. The van der Waals surface area contributed by atoms with Crippen LogP contribution < -0.4 is 5.32 Å². The average molecular weight is 482 g/mol. The summed E-state index contributed by atoms with van der Waals surface area (Å²) in [5.41, 5.74) is 3.24. The number of aryl methyl sites for hydroxylation is 2. The maximum absolute atomic E-state index is 12.8. The van der Waals surface area contributed by atoms with E-state index in [0.29, 0.717) is 25.9 Å². The van der Waals surface area contributed by atoms with Crippen LogP contribution in [0.1, 0.15) is 24.0 Å². The van der Waals surface area contributed by atoms with Gasteiger partial charge in [0.25, 0.3) is 0 Å². The highest BCUT2D eigenvalue weighted by Gasteiger charge is 2.32. The quantitative estimate of drug-likeness (QED) is 0.542. The van der Waals surface area contributed by atoms with Crippen molar-refractivity contribution in [2.24, 2.45) is 5.92 Å². The first-order valence-corrected chi connectivity index (χ1v) is 13.1. The van der Waals surface area contributed by atoms with Gasteiger partial charge in [-0.3, -0.25) is 9.78 Å². The predicted octanol–water partition coefficient (Wildman–Crippen LogP) is 4.89. The molecule has 33 heavy (non-hydrogen) atoms. The van der Waals surface area contributed by atoms with E-state index in [1.807, 2.05) is 24.3 Å². The summed E-state index contributed by atoms with van der Waals surface area (Å²) in [4.78, 5) is 19.2. The van der Waals surface area contributed by atoms with Gasteiger partial charge in [-0.2, -0.15) is 4.31 Å². The lowest BCUT2D eigenvalue weighted by atomic mass is 9.97. The lowest BCUT2D eigenvalue weighted by molar-refractivity contribution is -0.120. The maximum Gasteiger partial charge on any atom is 0.244 e. The van der Waals surface area contributed by atoms with E-state index in [2.05, 4.69) is 42.3 Å². The van der Waals surface area contributed by atoms with Crippen LogP contribution in [-0.4, -0.2) is 36.7 Å². The number of carbonyl (C=O) groups is 1. The molecule has 0 bridgehead atoms. The van der Waals surface area contributed by atoms with Crippen LogP contribution in [0.2, 0.25) is 0 Å². The molecular weight excluding hydrogens is 454 g/mol. The van der Waals surface area contributed by atoms with Crippen molar-refractivity contribution in [2.45, 2.75) is 41.4 Å². The van der Waals surface area contributed by atoms with Crippen LogP contribution in [0.4, 0.5) is 5.69 Å². The average Bonchev–Trinajstić information content (AvgIpc) is 2.82. The van der Waals surface area contributed by atoms with Crippen LogP contribution >= 0.6 is 11.8 Å². The molecule has 0 radical (unpaired) electrons. The van der Waals surface area contributed by atoms with Gasteiger partial charge in [0, 0.05) is 46.9 Å². The van der Waals surface area contributed by atoms with E-state index >= 15 is 0 Å². The van der Waals surface area contributed by atoms with Gasteiger partial charge >= 0.3 is 0 Å². The molecule has 172 valence electrons. The molecule has 1 fully saturated rings. The van der Waals surface area contributed by atoms with Gasteiger partial charge in [0.2, 0.25) is 15.9 Å². The second-order valence-electron chi connectivity index (χ2n) is 8.25. The Labute approximate surface area is 199 Å². The zero-order valence-electron chi connectivity index (χ0n) is 18.7. The number of pyridine rings is 1. The molecule has 3 aromatic rings. The fourth-order valence-corrected chi connectivity index (χ4v) is 6.21. The summed E-state index contributed by atoms with van der Waals surface area (Å²) in [5, 5.41) is 2.98. The molecule has 0 spiro atoms. The van der Waals surface area contributed by atoms with Crippen LogP contribution in [0.3, 0.4) is 0 Å². The third kappa shape index (κ3) is 5.63. The molecule has 1 N–H and O–H groups in total. The minimum Gasteiger partial charge on any atom is -0.326 e. The number of piperidine rings is 1. The molecule has 1 aromatic heterocycles. The standard InChI is InChI=1S/C25H27N3O3S2/c1-18-5-10-24(19(2)16-18)32-22-8-6-21(7-9-22)27-25(29)20-11-14-28(15-12-20)33(30,31)23-4-3-13-26-17-23/h3-10,13,16-17,20H,11-12,14-15H2,1-2H3,(H,27,29). The molecule has 2 heterocycles. The summed E-state index contributed by atoms with van der Waals surface area (Å²) in [7, 11) is -3.57. The molecular formula is C25H27N3O3S2. The summed E-state index contributed by atoms with van der Waals surface area (Å²) in [6.07, 6.45) is 3.89. The van der Waals surface area contributed by atoms with Crippen LogP contribution in [0, 0.1) is 19.8 Å². The normalized spacial score (nSPS) is 15.3. The molecule has 6 nitrogen and oxygen atoms in total. The number of rotatable bonds is 6. The van der Waals surface area contributed by atoms with Crippen LogP contribution in [-0.2, 0) is 14.8 Å². The molecule has 0 aliphatic carbocycles. The van der Waals surface area contributed by atoms with E-state index in [-0.39, 0.29) is 16.7 Å². The molecule has 0 saturated carbocycles. The van der Waals surface area contributed by atoms with Crippen molar-refractivity contribution in [3.8, 4) is 0 Å². The van der Waals surface area contributed by atoms with E-state index in [9.17, 15) is 13.2 Å². The highest BCUT2D eigenvalue weighted by atomic mass is 32.2. The monoisotopic (exact) mass is 481 g/mol. The molecule has 1 aliphatic heterocycles. The van der Waals surface area contributed by atoms with Crippen molar-refractivity contribution in [1.82, 2.24) is 9.29 Å². The van der Waals surface area contributed by atoms with E-state index in [4.69, 9.17) is 0 Å².